The number of allylic oxidation sites excluding steroid dienone is 3. The summed E-state index contributed by atoms with van der Waals surface area (Å²) in [6.07, 6.45) is 2.86. The molecule has 0 N–H and O–H groups in total. The predicted molar refractivity (Wildman–Crippen MR) is 159 cm³/mol. The number of sulfone groups is 3. The van der Waals surface area contributed by atoms with E-state index >= 15 is 0 Å². The topological polar surface area (TPSA) is 174 Å². The highest BCUT2D eigenvalue weighted by Gasteiger charge is 2.10. The van der Waals surface area contributed by atoms with Crippen LogP contribution in [0.4, 0.5) is 0 Å². The van der Waals surface area contributed by atoms with Crippen LogP contribution in [-0.4, -0.2) is 25.3 Å². The lowest BCUT2D eigenvalue weighted by Gasteiger charge is -1.98. The Balaban J connectivity index is 0.000000315. The first-order chi connectivity index (χ1) is 19.7. The molecule has 0 aliphatic heterocycles. The van der Waals surface area contributed by atoms with E-state index in [2.05, 4.69) is 0 Å². The van der Waals surface area contributed by atoms with E-state index in [1.807, 2.05) is 20.8 Å². The van der Waals surface area contributed by atoms with Crippen LogP contribution in [0.25, 0.3) is 0 Å². The van der Waals surface area contributed by atoms with Crippen LogP contribution in [0.1, 0.15) is 16.7 Å². The van der Waals surface area contributed by atoms with Gasteiger partial charge in [-0.15, -0.1) is 0 Å². The molecule has 0 saturated carbocycles. The summed E-state index contributed by atoms with van der Waals surface area (Å²) in [4.78, 5) is 0.610. The van der Waals surface area contributed by atoms with Crippen LogP contribution in [0.2, 0.25) is 0 Å². The third-order valence-electron chi connectivity index (χ3n) is 5.01. The van der Waals surface area contributed by atoms with Crippen molar-refractivity contribution in [3.05, 3.63) is 124 Å². The Kier molecular flexibility index (Phi) is 13.8. The average molecular weight is 622 g/mol. The first-order valence-corrected chi connectivity index (χ1v) is 16.5. The van der Waals surface area contributed by atoms with Gasteiger partial charge in [-0.05, 0) is 57.2 Å². The van der Waals surface area contributed by atoms with Crippen molar-refractivity contribution in [1.82, 2.24) is 0 Å². The molecule has 0 heterocycles. The quantitative estimate of drug-likeness (QED) is 0.326. The number of rotatable bonds is 6. The molecule has 0 fully saturated rings. The Morgan fingerprint density at radius 2 is 0.619 bits per heavy atom. The predicted octanol–water partition coefficient (Wildman–Crippen LogP) is 5.42. The smallest absolute Gasteiger partial charge is 0.200 e. The van der Waals surface area contributed by atoms with Gasteiger partial charge in [0.1, 0.15) is 0 Å². The minimum absolute atomic E-state index is 0.203. The number of aryl methyl sites for hydroxylation is 3. The molecule has 9 nitrogen and oxygen atoms in total. The highest BCUT2D eigenvalue weighted by molar-refractivity contribution is 7.94. The number of benzene rings is 3. The van der Waals surface area contributed by atoms with E-state index in [0.717, 1.165) is 51.1 Å². The molecule has 0 aliphatic carbocycles. The fraction of sp³-hybridized carbons (Fsp3) is 0.100. The van der Waals surface area contributed by atoms with E-state index in [4.69, 9.17) is 15.8 Å². The first kappa shape index (κ1) is 35.2. The van der Waals surface area contributed by atoms with E-state index < -0.39 is 29.5 Å². The van der Waals surface area contributed by atoms with Crippen molar-refractivity contribution < 1.29 is 25.3 Å². The van der Waals surface area contributed by atoms with Gasteiger partial charge >= 0.3 is 0 Å². The van der Waals surface area contributed by atoms with Crippen LogP contribution in [0.5, 0.6) is 0 Å². The van der Waals surface area contributed by atoms with Crippen molar-refractivity contribution in [2.45, 2.75) is 35.5 Å². The third kappa shape index (κ3) is 12.2. The second-order valence-electron chi connectivity index (χ2n) is 8.37. The van der Waals surface area contributed by atoms with E-state index in [1.165, 1.54) is 36.4 Å². The first-order valence-electron chi connectivity index (χ1n) is 11.8. The van der Waals surface area contributed by atoms with Crippen molar-refractivity contribution in [2.75, 3.05) is 0 Å². The van der Waals surface area contributed by atoms with Gasteiger partial charge in [0.25, 0.3) is 0 Å². The molecule has 0 bridgehead atoms. The summed E-state index contributed by atoms with van der Waals surface area (Å²) in [6, 6.07) is 24.3. The fourth-order valence-corrected chi connectivity index (χ4v) is 5.52. The van der Waals surface area contributed by atoms with Crippen molar-refractivity contribution in [3.63, 3.8) is 0 Å². The van der Waals surface area contributed by atoms with Crippen molar-refractivity contribution in [1.29, 1.82) is 15.8 Å². The Hall–Kier alpha value is -4.80. The molecule has 0 aliphatic rings. The third-order valence-corrected chi connectivity index (χ3v) is 9.28. The van der Waals surface area contributed by atoms with Gasteiger partial charge in [-0.3, -0.25) is 0 Å². The van der Waals surface area contributed by atoms with Gasteiger partial charge < -0.3 is 0 Å². The molecule has 3 rings (SSSR count). The molecule has 0 saturated heterocycles. The zero-order chi connectivity index (χ0) is 31.8. The van der Waals surface area contributed by atoms with E-state index in [-0.39, 0.29) is 14.7 Å². The summed E-state index contributed by atoms with van der Waals surface area (Å²) < 4.78 is 68.8. The summed E-state index contributed by atoms with van der Waals surface area (Å²) in [7, 11) is -10.3. The molecule has 42 heavy (non-hydrogen) atoms. The fourth-order valence-electron chi connectivity index (χ4n) is 2.78. The molecular formula is C30H27N3O6S3. The largest absolute Gasteiger partial charge is 0.219 e. The normalized spacial score (nSPS) is 11.4. The van der Waals surface area contributed by atoms with Gasteiger partial charge in [0.15, 0.2) is 0 Å². The van der Waals surface area contributed by atoms with E-state index in [1.54, 1.807) is 54.6 Å². The summed E-state index contributed by atoms with van der Waals surface area (Å²) in [5.41, 5.74) is 2.98. The lowest BCUT2D eigenvalue weighted by atomic mass is 10.2. The Morgan fingerprint density at radius 1 is 0.429 bits per heavy atom. The van der Waals surface area contributed by atoms with Gasteiger partial charge in [0.05, 0.1) is 32.9 Å². The molecule has 0 atom stereocenters. The zero-order valence-electron chi connectivity index (χ0n) is 22.9. The second-order valence-corrected chi connectivity index (χ2v) is 13.9. The van der Waals surface area contributed by atoms with Crippen LogP contribution in [0.3, 0.4) is 0 Å². The number of nitriles is 3. The number of hydrogen-bond donors (Lipinski definition) is 0. The molecule has 0 aromatic heterocycles. The maximum absolute atomic E-state index is 11.5. The summed E-state index contributed by atoms with van der Waals surface area (Å²) in [6.45, 7) is 5.63. The van der Waals surface area contributed by atoms with Crippen molar-refractivity contribution in [3.8, 4) is 18.2 Å². The van der Waals surface area contributed by atoms with Crippen LogP contribution in [0.15, 0.2) is 122 Å². The number of nitrogens with zero attached hydrogens (tertiary/aromatic N) is 3. The Bertz CT molecular complexity index is 1660. The second kappa shape index (κ2) is 16.5. The molecule has 0 radical (unpaired) electrons. The SMILES string of the molecule is Cc1ccc(S(=O)(=O)/C=C/C#N)cc1.Cc1ccc(S(=O)(=O)/C=C/C#N)cc1.Cc1ccc(S(=O)(=O)/C=C/C#N)cc1. The standard InChI is InChI=1S/3C10H9NO2S/c3*1-9-3-5-10(6-4-9)14(12,13)8-2-7-11/h3*2-6,8H,1H3/b3*8-2+. The zero-order valence-corrected chi connectivity index (χ0v) is 25.4. The average Bonchev–Trinajstić information content (AvgIpc) is 2.95. The highest BCUT2D eigenvalue weighted by Crippen LogP contribution is 2.14. The minimum Gasteiger partial charge on any atom is -0.219 e. The van der Waals surface area contributed by atoms with Crippen LogP contribution >= 0.6 is 0 Å². The molecule has 3 aromatic carbocycles. The number of hydrogen-bond acceptors (Lipinski definition) is 9. The molecule has 216 valence electrons. The maximum atomic E-state index is 11.5. The van der Waals surface area contributed by atoms with Crippen LogP contribution in [-0.2, 0) is 29.5 Å². The summed E-state index contributed by atoms with van der Waals surface area (Å²) >= 11 is 0. The lowest BCUT2D eigenvalue weighted by Crippen LogP contribution is -1.95. The lowest BCUT2D eigenvalue weighted by molar-refractivity contribution is 0.603. The van der Waals surface area contributed by atoms with Crippen LogP contribution in [0, 0.1) is 54.8 Å². The maximum Gasteiger partial charge on any atom is 0.200 e. The van der Waals surface area contributed by atoms with Crippen molar-refractivity contribution >= 4 is 29.5 Å². The molecule has 0 spiro atoms. The van der Waals surface area contributed by atoms with Crippen molar-refractivity contribution in [2.24, 2.45) is 0 Å². The van der Waals surface area contributed by atoms with E-state index in [9.17, 15) is 25.3 Å². The highest BCUT2D eigenvalue weighted by atomic mass is 32.2. The molecular weight excluding hydrogens is 595 g/mol. The molecule has 0 amide bonds. The van der Waals surface area contributed by atoms with Gasteiger partial charge in [-0.2, -0.15) is 15.8 Å². The molecule has 3 aromatic rings. The van der Waals surface area contributed by atoms with Crippen LogP contribution < -0.4 is 0 Å². The van der Waals surface area contributed by atoms with Gasteiger partial charge in [-0.1, -0.05) is 53.1 Å². The minimum atomic E-state index is -3.44. The Morgan fingerprint density at radius 3 is 0.786 bits per heavy atom. The van der Waals surface area contributed by atoms with Gasteiger partial charge in [0.2, 0.25) is 29.5 Å². The van der Waals surface area contributed by atoms with Gasteiger partial charge in [-0.25, -0.2) is 25.3 Å². The molecule has 12 heteroatoms. The monoisotopic (exact) mass is 621 g/mol. The van der Waals surface area contributed by atoms with Gasteiger partial charge in [0, 0.05) is 34.5 Å². The summed E-state index contributed by atoms with van der Waals surface area (Å²) in [5, 5.41) is 27.4. The Labute approximate surface area is 247 Å². The molecule has 0 unspecified atom stereocenters. The van der Waals surface area contributed by atoms with E-state index in [0.29, 0.717) is 0 Å². The summed E-state index contributed by atoms with van der Waals surface area (Å²) in [5.74, 6) is 0.